The fourth-order valence-electron chi connectivity index (χ4n) is 3.40. The average Bonchev–Trinajstić information content (AvgIpc) is 2.82. The molecule has 0 aromatic carbocycles. The lowest BCUT2D eigenvalue weighted by Crippen LogP contribution is -2.52. The predicted octanol–water partition coefficient (Wildman–Crippen LogP) is -0.413. The molecule has 22 heavy (non-hydrogen) atoms. The Morgan fingerprint density at radius 1 is 1.45 bits per heavy atom. The van der Waals surface area contributed by atoms with Gasteiger partial charge in [-0.05, 0) is 25.8 Å². The van der Waals surface area contributed by atoms with E-state index in [0.29, 0.717) is 37.6 Å². The lowest BCUT2D eigenvalue weighted by atomic mass is 9.84. The topological polar surface area (TPSA) is 90.5 Å². The second kappa shape index (κ2) is 5.17. The third-order valence-electron chi connectivity index (χ3n) is 5.00. The van der Waals surface area contributed by atoms with Gasteiger partial charge in [-0.25, -0.2) is 4.68 Å². The Morgan fingerprint density at radius 3 is 2.86 bits per heavy atom. The Bertz CT molecular complexity index is 684. The van der Waals surface area contributed by atoms with E-state index in [0.717, 1.165) is 6.42 Å². The number of hydrogen-bond acceptors (Lipinski definition) is 5. The fraction of sp³-hybridized carbons (Fsp3) is 0.667. The third kappa shape index (κ3) is 2.24. The van der Waals surface area contributed by atoms with Crippen LogP contribution in [0.1, 0.15) is 28.0 Å². The normalized spacial score (nSPS) is 27.8. The number of ether oxygens (including phenoxy) is 1. The summed E-state index contributed by atoms with van der Waals surface area (Å²) in [6.45, 7) is 5.79. The monoisotopic (exact) mass is 306 g/mol. The van der Waals surface area contributed by atoms with Crippen LogP contribution in [-0.4, -0.2) is 52.4 Å². The highest BCUT2D eigenvalue weighted by Gasteiger charge is 2.47. The maximum atomic E-state index is 12.9. The van der Waals surface area contributed by atoms with E-state index in [1.54, 1.807) is 25.8 Å². The van der Waals surface area contributed by atoms with E-state index < -0.39 is 5.54 Å². The molecule has 2 aliphatic rings. The summed E-state index contributed by atoms with van der Waals surface area (Å²) >= 11 is 0. The molecule has 120 valence electrons. The molecule has 2 N–H and O–H groups in total. The zero-order chi connectivity index (χ0) is 16.1. The Balaban J connectivity index is 1.95. The summed E-state index contributed by atoms with van der Waals surface area (Å²) in [5.41, 5.74) is 7.23. The Hall–Kier alpha value is -1.73. The minimum absolute atomic E-state index is 0.136. The van der Waals surface area contributed by atoms with Gasteiger partial charge in [0.25, 0.3) is 11.5 Å². The molecule has 1 aromatic rings. The molecule has 1 aromatic heterocycles. The number of hydrogen-bond donors (Lipinski definition) is 1. The molecular weight excluding hydrogens is 284 g/mol. The first kappa shape index (κ1) is 15.2. The van der Waals surface area contributed by atoms with Crippen LogP contribution < -0.4 is 11.3 Å². The maximum Gasteiger partial charge on any atom is 0.279 e. The summed E-state index contributed by atoms with van der Waals surface area (Å²) in [6.07, 6.45) is 0.744. The van der Waals surface area contributed by atoms with E-state index in [4.69, 9.17) is 10.5 Å². The zero-order valence-corrected chi connectivity index (χ0v) is 13.3. The van der Waals surface area contributed by atoms with Gasteiger partial charge in [0.05, 0.1) is 12.3 Å². The first-order valence-electron chi connectivity index (χ1n) is 7.54. The summed E-state index contributed by atoms with van der Waals surface area (Å²) < 4.78 is 6.70. The number of fused-ring (bicyclic) bond motifs is 1. The van der Waals surface area contributed by atoms with E-state index >= 15 is 0 Å². The van der Waals surface area contributed by atoms with Gasteiger partial charge in [-0.1, -0.05) is 0 Å². The van der Waals surface area contributed by atoms with Crippen molar-refractivity contribution in [2.45, 2.75) is 25.8 Å². The van der Waals surface area contributed by atoms with Gasteiger partial charge in [-0.3, -0.25) is 9.59 Å². The van der Waals surface area contributed by atoms with Crippen molar-refractivity contribution in [3.8, 4) is 0 Å². The number of aryl methyl sites for hydroxylation is 2. The van der Waals surface area contributed by atoms with E-state index in [2.05, 4.69) is 5.10 Å². The second-order valence-electron chi connectivity index (χ2n) is 6.45. The Labute approximate surface area is 129 Å². The predicted molar refractivity (Wildman–Crippen MR) is 80.7 cm³/mol. The summed E-state index contributed by atoms with van der Waals surface area (Å²) in [4.78, 5) is 26.9. The van der Waals surface area contributed by atoms with Crippen LogP contribution in [0.2, 0.25) is 0 Å². The van der Waals surface area contributed by atoms with E-state index in [9.17, 15) is 9.59 Å². The van der Waals surface area contributed by atoms with Gasteiger partial charge in [0.2, 0.25) is 0 Å². The maximum absolute atomic E-state index is 12.9. The molecule has 0 bridgehead atoms. The molecule has 3 rings (SSSR count). The van der Waals surface area contributed by atoms with Crippen molar-refractivity contribution in [1.82, 2.24) is 14.7 Å². The number of carbonyl (C=O) groups excluding carboxylic acids is 1. The Kier molecular flexibility index (Phi) is 3.57. The molecule has 1 amide bonds. The molecule has 7 nitrogen and oxygen atoms in total. The SMILES string of the molecule is Cc1nn(C)c(=O)c(C(=O)N2C[C@@H]3COCC[C@]3(N)C2)c1C. The molecule has 0 saturated carbocycles. The molecule has 2 aliphatic heterocycles. The highest BCUT2D eigenvalue weighted by molar-refractivity contribution is 5.95. The largest absolute Gasteiger partial charge is 0.381 e. The highest BCUT2D eigenvalue weighted by Crippen LogP contribution is 2.32. The smallest absolute Gasteiger partial charge is 0.279 e. The number of nitrogens with zero attached hydrogens (tertiary/aromatic N) is 3. The van der Waals surface area contributed by atoms with Crippen LogP contribution in [0.15, 0.2) is 4.79 Å². The van der Waals surface area contributed by atoms with Crippen molar-refractivity contribution < 1.29 is 9.53 Å². The van der Waals surface area contributed by atoms with Crippen LogP contribution in [0.25, 0.3) is 0 Å². The minimum Gasteiger partial charge on any atom is -0.381 e. The second-order valence-corrected chi connectivity index (χ2v) is 6.45. The molecule has 0 unspecified atom stereocenters. The van der Waals surface area contributed by atoms with Crippen molar-refractivity contribution in [2.75, 3.05) is 26.3 Å². The highest BCUT2D eigenvalue weighted by atomic mass is 16.5. The van der Waals surface area contributed by atoms with Gasteiger partial charge in [0, 0.05) is 38.2 Å². The van der Waals surface area contributed by atoms with Crippen molar-refractivity contribution in [3.63, 3.8) is 0 Å². The molecule has 2 fully saturated rings. The number of carbonyl (C=O) groups is 1. The van der Waals surface area contributed by atoms with Crippen molar-refractivity contribution >= 4 is 5.91 Å². The van der Waals surface area contributed by atoms with Crippen molar-refractivity contribution in [1.29, 1.82) is 0 Å². The number of likely N-dealkylation sites (tertiary alicyclic amines) is 1. The zero-order valence-electron chi connectivity index (χ0n) is 13.3. The van der Waals surface area contributed by atoms with Gasteiger partial charge < -0.3 is 15.4 Å². The Morgan fingerprint density at radius 2 is 2.18 bits per heavy atom. The molecule has 0 spiro atoms. The summed E-state index contributed by atoms with van der Waals surface area (Å²) in [5.74, 6) is -0.111. The lowest BCUT2D eigenvalue weighted by molar-refractivity contribution is 0.0241. The summed E-state index contributed by atoms with van der Waals surface area (Å²) in [6, 6.07) is 0. The van der Waals surface area contributed by atoms with Crippen LogP contribution in [0.3, 0.4) is 0 Å². The summed E-state index contributed by atoms with van der Waals surface area (Å²) in [5, 5.41) is 4.12. The van der Waals surface area contributed by atoms with Crippen LogP contribution in [-0.2, 0) is 11.8 Å². The quantitative estimate of drug-likeness (QED) is 0.761. The molecule has 2 saturated heterocycles. The average molecular weight is 306 g/mol. The van der Waals surface area contributed by atoms with E-state index in [1.807, 2.05) is 0 Å². The molecule has 3 heterocycles. The van der Waals surface area contributed by atoms with Gasteiger partial charge in [0.1, 0.15) is 5.56 Å². The number of amides is 1. The molecule has 2 atom stereocenters. The van der Waals surface area contributed by atoms with Crippen molar-refractivity contribution in [2.24, 2.45) is 18.7 Å². The third-order valence-corrected chi connectivity index (χ3v) is 5.00. The van der Waals surface area contributed by atoms with E-state index in [-0.39, 0.29) is 22.9 Å². The number of nitrogens with two attached hydrogens (primary N) is 1. The van der Waals surface area contributed by atoms with Crippen LogP contribution >= 0.6 is 0 Å². The minimum atomic E-state index is -0.394. The molecule has 7 heteroatoms. The molecule has 0 radical (unpaired) electrons. The van der Waals surface area contributed by atoms with Gasteiger partial charge >= 0.3 is 0 Å². The van der Waals surface area contributed by atoms with Gasteiger partial charge in [-0.15, -0.1) is 0 Å². The van der Waals surface area contributed by atoms with Gasteiger partial charge in [0.15, 0.2) is 0 Å². The number of aromatic nitrogens is 2. The van der Waals surface area contributed by atoms with Crippen LogP contribution in [0.4, 0.5) is 0 Å². The molecule has 0 aliphatic carbocycles. The first-order valence-corrected chi connectivity index (χ1v) is 7.54. The fourth-order valence-corrected chi connectivity index (χ4v) is 3.40. The van der Waals surface area contributed by atoms with E-state index in [1.165, 1.54) is 4.68 Å². The van der Waals surface area contributed by atoms with Crippen LogP contribution in [0, 0.1) is 19.8 Å². The van der Waals surface area contributed by atoms with Crippen LogP contribution in [0.5, 0.6) is 0 Å². The van der Waals surface area contributed by atoms with Crippen molar-refractivity contribution in [3.05, 3.63) is 27.2 Å². The standard InChI is InChI=1S/C15H22N4O3/c1-9-10(2)17-18(3)13(20)12(9)14(21)19-6-11-7-22-5-4-15(11,16)8-19/h11H,4-8,16H2,1-3H3/t11-,15+/m1/s1. The first-order chi connectivity index (χ1) is 10.3. The lowest BCUT2D eigenvalue weighted by Gasteiger charge is -2.34. The van der Waals surface area contributed by atoms with Gasteiger partial charge in [-0.2, -0.15) is 5.10 Å². The molecular formula is C15H22N4O3. The summed E-state index contributed by atoms with van der Waals surface area (Å²) in [7, 11) is 1.56. The number of rotatable bonds is 1.